The van der Waals surface area contributed by atoms with Gasteiger partial charge in [-0.2, -0.15) is 4.31 Å². The molecule has 3 aromatic rings. The number of benzene rings is 2. The highest BCUT2D eigenvalue weighted by Crippen LogP contribution is 2.29. The molecule has 7 heteroatoms. The van der Waals surface area contributed by atoms with Crippen LogP contribution in [-0.2, 0) is 15.6 Å². The van der Waals surface area contributed by atoms with E-state index in [9.17, 15) is 8.42 Å². The van der Waals surface area contributed by atoms with E-state index in [1.54, 1.807) is 27.8 Å². The van der Waals surface area contributed by atoms with Gasteiger partial charge >= 0.3 is 0 Å². The second-order valence-electron chi connectivity index (χ2n) is 8.49. The molecule has 0 bridgehead atoms. The van der Waals surface area contributed by atoms with E-state index < -0.39 is 10.0 Å². The van der Waals surface area contributed by atoms with Gasteiger partial charge in [-0.15, -0.1) is 11.3 Å². The van der Waals surface area contributed by atoms with Crippen molar-refractivity contribution in [1.82, 2.24) is 8.87 Å². The van der Waals surface area contributed by atoms with Crippen LogP contribution >= 0.6 is 11.3 Å². The summed E-state index contributed by atoms with van der Waals surface area (Å²) in [5.41, 5.74) is 2.75. The minimum absolute atomic E-state index is 0.177. The SMILES string of the molecule is CC(C)(C)n1c(-c2ccc(S(=O)(=O)N3CCCC3)cc2)csc1=Nc1ccccc1. The summed E-state index contributed by atoms with van der Waals surface area (Å²) >= 11 is 1.59. The molecule has 1 aliphatic rings. The quantitative estimate of drug-likeness (QED) is 0.573. The van der Waals surface area contributed by atoms with Crippen LogP contribution in [0.3, 0.4) is 0 Å². The fourth-order valence-electron chi connectivity index (χ4n) is 3.73. The van der Waals surface area contributed by atoms with E-state index >= 15 is 0 Å². The molecule has 2 heterocycles. The van der Waals surface area contributed by atoms with E-state index in [4.69, 9.17) is 4.99 Å². The first-order chi connectivity index (χ1) is 14.3. The van der Waals surface area contributed by atoms with Crippen LogP contribution in [0.4, 0.5) is 5.69 Å². The lowest BCUT2D eigenvalue weighted by Gasteiger charge is -2.24. The van der Waals surface area contributed by atoms with E-state index in [2.05, 4.69) is 30.7 Å². The molecule has 0 spiro atoms. The second-order valence-corrected chi connectivity index (χ2v) is 11.3. The van der Waals surface area contributed by atoms with Gasteiger partial charge < -0.3 is 4.57 Å². The van der Waals surface area contributed by atoms with Crippen LogP contribution in [0.25, 0.3) is 11.3 Å². The molecule has 0 N–H and O–H groups in total. The maximum atomic E-state index is 12.8. The molecule has 0 radical (unpaired) electrons. The van der Waals surface area contributed by atoms with Crippen molar-refractivity contribution in [2.45, 2.75) is 44.0 Å². The molecule has 30 heavy (non-hydrogen) atoms. The van der Waals surface area contributed by atoms with Gasteiger partial charge in [0.25, 0.3) is 0 Å². The molecule has 4 rings (SSSR count). The third-order valence-corrected chi connectivity index (χ3v) is 7.95. The van der Waals surface area contributed by atoms with Crippen LogP contribution in [0, 0.1) is 0 Å². The molecular weight excluding hydrogens is 414 g/mol. The highest BCUT2D eigenvalue weighted by Gasteiger charge is 2.27. The summed E-state index contributed by atoms with van der Waals surface area (Å²) in [5, 5.41) is 2.09. The van der Waals surface area contributed by atoms with E-state index in [1.807, 2.05) is 42.5 Å². The number of rotatable bonds is 4. The van der Waals surface area contributed by atoms with Crippen LogP contribution in [0.5, 0.6) is 0 Å². The Balaban J connectivity index is 1.75. The summed E-state index contributed by atoms with van der Waals surface area (Å²) < 4.78 is 29.4. The average molecular weight is 442 g/mol. The van der Waals surface area contributed by atoms with Crippen molar-refractivity contribution in [2.24, 2.45) is 4.99 Å². The molecular formula is C23H27N3O2S2. The number of aromatic nitrogens is 1. The fraction of sp³-hybridized carbons (Fsp3) is 0.348. The third-order valence-electron chi connectivity index (χ3n) is 5.21. The fourth-order valence-corrected chi connectivity index (χ4v) is 6.34. The van der Waals surface area contributed by atoms with Crippen molar-refractivity contribution in [2.75, 3.05) is 13.1 Å². The third kappa shape index (κ3) is 4.15. The van der Waals surface area contributed by atoms with Gasteiger partial charge in [-0.25, -0.2) is 13.4 Å². The van der Waals surface area contributed by atoms with Gasteiger partial charge in [-0.3, -0.25) is 0 Å². The predicted octanol–water partition coefficient (Wildman–Crippen LogP) is 4.99. The van der Waals surface area contributed by atoms with Gasteiger partial charge in [0.1, 0.15) is 0 Å². The Bertz CT molecular complexity index is 1180. The minimum atomic E-state index is -3.40. The van der Waals surface area contributed by atoms with Gasteiger partial charge in [0, 0.05) is 24.0 Å². The van der Waals surface area contributed by atoms with Gasteiger partial charge in [-0.1, -0.05) is 30.3 Å². The molecule has 158 valence electrons. The second kappa shape index (κ2) is 8.13. The summed E-state index contributed by atoms with van der Waals surface area (Å²) in [4.78, 5) is 6.12. The topological polar surface area (TPSA) is 54.7 Å². The van der Waals surface area contributed by atoms with Gasteiger partial charge in [0.2, 0.25) is 10.0 Å². The lowest BCUT2D eigenvalue weighted by Crippen LogP contribution is -2.31. The first kappa shape index (κ1) is 21.0. The normalized spacial score (nSPS) is 16.3. The van der Waals surface area contributed by atoms with Crippen LogP contribution < -0.4 is 4.80 Å². The zero-order chi connectivity index (χ0) is 21.4. The lowest BCUT2D eigenvalue weighted by molar-refractivity contribution is 0.392. The van der Waals surface area contributed by atoms with Crippen molar-refractivity contribution >= 4 is 27.0 Å². The van der Waals surface area contributed by atoms with E-state index in [1.165, 1.54) is 0 Å². The molecule has 1 aromatic heterocycles. The molecule has 5 nitrogen and oxygen atoms in total. The Morgan fingerprint density at radius 3 is 2.17 bits per heavy atom. The number of hydrogen-bond acceptors (Lipinski definition) is 4. The van der Waals surface area contributed by atoms with E-state index in [-0.39, 0.29) is 5.54 Å². The van der Waals surface area contributed by atoms with Gasteiger partial charge in [-0.05, 0) is 63.4 Å². The maximum absolute atomic E-state index is 12.8. The van der Waals surface area contributed by atoms with Crippen LogP contribution in [-0.4, -0.2) is 30.4 Å². The molecule has 1 aliphatic heterocycles. The Kier molecular flexibility index (Phi) is 5.70. The van der Waals surface area contributed by atoms with Crippen LogP contribution in [0.15, 0.2) is 69.9 Å². The molecule has 0 saturated carbocycles. The average Bonchev–Trinajstić information content (AvgIpc) is 3.39. The molecule has 0 aliphatic carbocycles. The molecule has 1 fully saturated rings. The summed E-state index contributed by atoms with van der Waals surface area (Å²) in [6.45, 7) is 7.68. The molecule has 2 aromatic carbocycles. The summed E-state index contributed by atoms with van der Waals surface area (Å²) in [6.07, 6.45) is 1.87. The highest BCUT2D eigenvalue weighted by atomic mass is 32.2. The summed E-state index contributed by atoms with van der Waals surface area (Å²) in [6, 6.07) is 17.2. The van der Waals surface area contributed by atoms with Crippen molar-refractivity contribution in [3.63, 3.8) is 0 Å². The lowest BCUT2D eigenvalue weighted by atomic mass is 10.1. The number of sulfonamides is 1. The molecule has 0 unspecified atom stereocenters. The largest absolute Gasteiger partial charge is 0.311 e. The molecule has 0 atom stereocenters. The molecule has 1 saturated heterocycles. The van der Waals surface area contributed by atoms with E-state index in [0.717, 1.165) is 34.6 Å². The van der Waals surface area contributed by atoms with Crippen molar-refractivity contribution in [3.05, 3.63) is 64.8 Å². The zero-order valence-electron chi connectivity index (χ0n) is 17.6. The number of thiazole rings is 1. The standard InChI is InChI=1S/C23H27N3O2S2/c1-23(2,3)26-21(17-29-22(26)24-19-9-5-4-6-10-19)18-11-13-20(14-12-18)30(27,28)25-15-7-8-16-25/h4-6,9-14,17H,7-8,15-16H2,1-3H3. The maximum Gasteiger partial charge on any atom is 0.243 e. The number of nitrogens with zero attached hydrogens (tertiary/aromatic N) is 3. The van der Waals surface area contributed by atoms with Crippen LogP contribution in [0.2, 0.25) is 0 Å². The number of hydrogen-bond donors (Lipinski definition) is 0. The van der Waals surface area contributed by atoms with Crippen molar-refractivity contribution in [1.29, 1.82) is 0 Å². The van der Waals surface area contributed by atoms with Gasteiger partial charge in [0.05, 0.1) is 16.3 Å². The van der Waals surface area contributed by atoms with Crippen molar-refractivity contribution < 1.29 is 8.42 Å². The Hall–Kier alpha value is -2.22. The van der Waals surface area contributed by atoms with Crippen molar-refractivity contribution in [3.8, 4) is 11.3 Å². The predicted molar refractivity (Wildman–Crippen MR) is 122 cm³/mol. The summed E-state index contributed by atoms with van der Waals surface area (Å²) in [7, 11) is -3.40. The first-order valence-corrected chi connectivity index (χ1v) is 12.5. The Morgan fingerprint density at radius 1 is 0.933 bits per heavy atom. The highest BCUT2D eigenvalue weighted by molar-refractivity contribution is 7.89. The minimum Gasteiger partial charge on any atom is -0.311 e. The molecule has 0 amide bonds. The van der Waals surface area contributed by atoms with E-state index in [0.29, 0.717) is 18.0 Å². The smallest absolute Gasteiger partial charge is 0.243 e. The first-order valence-electron chi connectivity index (χ1n) is 10.2. The van der Waals surface area contributed by atoms with Crippen LogP contribution in [0.1, 0.15) is 33.6 Å². The monoisotopic (exact) mass is 441 g/mol. The zero-order valence-corrected chi connectivity index (χ0v) is 19.2. The Labute approximate surface area is 182 Å². The Morgan fingerprint density at radius 2 is 1.57 bits per heavy atom. The number of para-hydroxylation sites is 1. The summed E-state index contributed by atoms with van der Waals surface area (Å²) in [5.74, 6) is 0. The van der Waals surface area contributed by atoms with Gasteiger partial charge in [0.15, 0.2) is 4.80 Å².